The van der Waals surface area contributed by atoms with E-state index in [4.69, 9.17) is 23.4 Å². The first-order valence-electron chi connectivity index (χ1n) is 17.4. The zero-order valence-electron chi connectivity index (χ0n) is 29.1. The summed E-state index contributed by atoms with van der Waals surface area (Å²) in [5.41, 5.74) is 2.28. The van der Waals surface area contributed by atoms with Crippen LogP contribution in [0.5, 0.6) is 5.75 Å². The lowest BCUT2D eigenvalue weighted by Crippen LogP contribution is -2.68. The Bertz CT molecular complexity index is 1370. The van der Waals surface area contributed by atoms with Crippen molar-refractivity contribution >= 4 is 18.7 Å². The van der Waals surface area contributed by atoms with Crippen molar-refractivity contribution in [2.45, 2.75) is 108 Å². The van der Waals surface area contributed by atoms with Gasteiger partial charge in [-0.2, -0.15) is 0 Å². The first kappa shape index (κ1) is 36.5. The van der Waals surface area contributed by atoms with Gasteiger partial charge in [-0.3, -0.25) is 0 Å². The van der Waals surface area contributed by atoms with Crippen molar-refractivity contribution in [1.29, 1.82) is 0 Å². The van der Waals surface area contributed by atoms with Gasteiger partial charge in [0.1, 0.15) is 11.9 Å². The fraction of sp³-hybridized carbons (Fsp3) is 0.500. The maximum atomic E-state index is 10.8. The van der Waals surface area contributed by atoms with Crippen molar-refractivity contribution in [3.63, 3.8) is 0 Å². The maximum Gasteiger partial charge on any atom is 0.261 e. The van der Waals surface area contributed by atoms with Crippen LogP contribution in [-0.4, -0.2) is 75.5 Å². The molecule has 5 rings (SSSR count). The summed E-state index contributed by atoms with van der Waals surface area (Å²) < 4.78 is 31.8. The van der Waals surface area contributed by atoms with E-state index in [1.807, 2.05) is 36.4 Å². The van der Waals surface area contributed by atoms with Gasteiger partial charge in [0, 0.05) is 19.4 Å². The number of methoxy groups -OCH3 is 1. The molecular weight excluding hydrogens is 621 g/mol. The van der Waals surface area contributed by atoms with Crippen molar-refractivity contribution in [2.75, 3.05) is 20.3 Å². The highest BCUT2D eigenvalue weighted by molar-refractivity contribution is 6.99. The smallest absolute Gasteiger partial charge is 0.261 e. The Hall–Kier alpha value is -2.82. The van der Waals surface area contributed by atoms with Gasteiger partial charge in [-0.1, -0.05) is 106 Å². The number of aliphatic hydroxyl groups excluding tert-OH is 2. The van der Waals surface area contributed by atoms with Crippen LogP contribution in [0.2, 0.25) is 5.04 Å². The topological polar surface area (TPSA) is 86.6 Å². The van der Waals surface area contributed by atoms with E-state index in [0.717, 1.165) is 30.6 Å². The second-order valence-electron chi connectivity index (χ2n) is 14.4. The molecular formula is C40H54O7Si. The molecule has 0 amide bonds. The van der Waals surface area contributed by atoms with Gasteiger partial charge in [-0.25, -0.2) is 0 Å². The molecule has 0 saturated carbocycles. The molecule has 2 saturated heterocycles. The highest BCUT2D eigenvalue weighted by Crippen LogP contribution is 2.40. The Balaban J connectivity index is 1.28. The average molecular weight is 675 g/mol. The van der Waals surface area contributed by atoms with Gasteiger partial charge in [-0.15, -0.1) is 0 Å². The highest BCUT2D eigenvalue weighted by Gasteiger charge is 2.52. The van der Waals surface area contributed by atoms with E-state index in [1.165, 1.54) is 15.9 Å². The van der Waals surface area contributed by atoms with Crippen LogP contribution < -0.4 is 15.1 Å². The van der Waals surface area contributed by atoms with E-state index < -0.39 is 20.5 Å². The van der Waals surface area contributed by atoms with Crippen molar-refractivity contribution in [3.05, 3.63) is 103 Å². The number of aliphatic hydroxyl groups is 2. The standard InChI is InChI=1S/C40H54O7Si/c1-29-22-32(20-21-44-28-30-16-18-31(43-5)19-17-30)45-33(23-29)24-34-25-35(26-39(46-34)38(42)27-41)47-48(40(2,3)4,36-12-8-6-9-13-36)37-14-10-7-11-15-37/h6-19,32-35,38-39,41-42H,1,20-28H2,2-5H3/t32-,33+,34+,35+,38-,39+/m0/s1. The summed E-state index contributed by atoms with van der Waals surface area (Å²) in [5, 5.41) is 23.1. The summed E-state index contributed by atoms with van der Waals surface area (Å²) >= 11 is 0. The summed E-state index contributed by atoms with van der Waals surface area (Å²) in [6.07, 6.45) is 2.31. The van der Waals surface area contributed by atoms with Crippen LogP contribution in [0.25, 0.3) is 0 Å². The van der Waals surface area contributed by atoms with Gasteiger partial charge >= 0.3 is 0 Å². The maximum absolute atomic E-state index is 10.8. The van der Waals surface area contributed by atoms with Crippen molar-refractivity contribution in [3.8, 4) is 5.75 Å². The molecule has 0 aliphatic carbocycles. The van der Waals surface area contributed by atoms with E-state index in [0.29, 0.717) is 32.5 Å². The molecule has 7 nitrogen and oxygen atoms in total. The lowest BCUT2D eigenvalue weighted by Gasteiger charge is -2.48. The lowest BCUT2D eigenvalue weighted by atomic mass is 9.91. The Kier molecular flexibility index (Phi) is 12.7. The molecule has 260 valence electrons. The van der Waals surface area contributed by atoms with Gasteiger partial charge in [0.2, 0.25) is 0 Å². The van der Waals surface area contributed by atoms with E-state index in [2.05, 4.69) is 75.9 Å². The second kappa shape index (κ2) is 16.7. The quantitative estimate of drug-likeness (QED) is 0.124. The zero-order chi connectivity index (χ0) is 34.1. The summed E-state index contributed by atoms with van der Waals surface area (Å²) in [7, 11) is -1.16. The zero-order valence-corrected chi connectivity index (χ0v) is 30.1. The molecule has 2 aliphatic rings. The van der Waals surface area contributed by atoms with Crippen LogP contribution >= 0.6 is 0 Å². The number of rotatable bonds is 14. The highest BCUT2D eigenvalue weighted by atomic mass is 28.4. The lowest BCUT2D eigenvalue weighted by molar-refractivity contribution is -0.158. The summed E-state index contributed by atoms with van der Waals surface area (Å²) in [5.74, 6) is 0.832. The third-order valence-electron chi connectivity index (χ3n) is 9.72. The fourth-order valence-corrected chi connectivity index (χ4v) is 12.1. The molecule has 2 N–H and O–H groups in total. The minimum absolute atomic E-state index is 0.0266. The summed E-state index contributed by atoms with van der Waals surface area (Å²) in [6.45, 7) is 11.9. The van der Waals surface area contributed by atoms with Crippen LogP contribution in [0, 0.1) is 0 Å². The van der Waals surface area contributed by atoms with E-state index >= 15 is 0 Å². The van der Waals surface area contributed by atoms with Crippen LogP contribution in [0.15, 0.2) is 97.1 Å². The molecule has 0 radical (unpaired) electrons. The molecule has 0 unspecified atom stereocenters. The molecule has 8 heteroatoms. The minimum Gasteiger partial charge on any atom is -0.497 e. The first-order chi connectivity index (χ1) is 23.1. The monoisotopic (exact) mass is 674 g/mol. The predicted molar refractivity (Wildman–Crippen MR) is 192 cm³/mol. The number of ether oxygens (including phenoxy) is 4. The molecule has 6 atom stereocenters. The largest absolute Gasteiger partial charge is 0.497 e. The van der Waals surface area contributed by atoms with Gasteiger partial charge in [0.05, 0.1) is 50.8 Å². The van der Waals surface area contributed by atoms with Crippen LogP contribution in [0.1, 0.15) is 64.9 Å². The van der Waals surface area contributed by atoms with E-state index in [-0.39, 0.29) is 36.1 Å². The SMILES string of the molecule is C=C1C[C@H](C[C@@H]2C[C@@H](O[Si](c3ccccc3)(c3ccccc3)C(C)(C)C)C[C@H]([C@@H](O)CO)O2)O[C@@H](CCOCc2ccc(OC)cc2)C1. The third-order valence-corrected chi connectivity index (χ3v) is 14.8. The number of benzene rings is 3. The fourth-order valence-electron chi connectivity index (χ4n) is 7.39. The molecule has 0 aromatic heterocycles. The number of hydrogen-bond acceptors (Lipinski definition) is 7. The molecule has 3 aromatic carbocycles. The Morgan fingerprint density at radius 2 is 1.48 bits per heavy atom. The predicted octanol–water partition coefficient (Wildman–Crippen LogP) is 5.94. The third kappa shape index (κ3) is 9.04. The molecule has 2 fully saturated rings. The normalized spacial score (nSPS) is 24.3. The van der Waals surface area contributed by atoms with Gasteiger partial charge in [-0.05, 0) is 58.8 Å². The van der Waals surface area contributed by atoms with Crippen LogP contribution in [0.4, 0.5) is 0 Å². The Labute approximate surface area is 288 Å². The second-order valence-corrected chi connectivity index (χ2v) is 18.6. The van der Waals surface area contributed by atoms with Crippen molar-refractivity contribution in [2.24, 2.45) is 0 Å². The summed E-state index contributed by atoms with van der Waals surface area (Å²) in [6, 6.07) is 29.2. The van der Waals surface area contributed by atoms with Crippen LogP contribution in [0.3, 0.4) is 0 Å². The molecule has 2 heterocycles. The molecule has 0 spiro atoms. The molecule has 0 bridgehead atoms. The Morgan fingerprint density at radius 3 is 2.06 bits per heavy atom. The molecule has 48 heavy (non-hydrogen) atoms. The van der Waals surface area contributed by atoms with E-state index in [1.54, 1.807) is 7.11 Å². The van der Waals surface area contributed by atoms with Gasteiger partial charge in [0.15, 0.2) is 0 Å². The van der Waals surface area contributed by atoms with Gasteiger partial charge in [0.25, 0.3) is 8.32 Å². The minimum atomic E-state index is -2.83. The van der Waals surface area contributed by atoms with E-state index in [9.17, 15) is 10.2 Å². The average Bonchev–Trinajstić information content (AvgIpc) is 3.09. The van der Waals surface area contributed by atoms with Gasteiger partial charge < -0.3 is 33.6 Å². The van der Waals surface area contributed by atoms with Crippen molar-refractivity contribution in [1.82, 2.24) is 0 Å². The van der Waals surface area contributed by atoms with Crippen molar-refractivity contribution < 1.29 is 33.6 Å². The van der Waals surface area contributed by atoms with Crippen LogP contribution in [-0.2, 0) is 25.2 Å². The Morgan fingerprint density at radius 1 is 0.854 bits per heavy atom. The number of hydrogen-bond donors (Lipinski definition) is 2. The molecule has 2 aliphatic heterocycles. The first-order valence-corrected chi connectivity index (χ1v) is 19.3. The molecule has 3 aromatic rings. The summed E-state index contributed by atoms with van der Waals surface area (Å²) in [4.78, 5) is 0.